The van der Waals surface area contributed by atoms with Crippen molar-refractivity contribution in [3.8, 4) is 11.1 Å². The number of hydrogen-bond acceptors (Lipinski definition) is 7. The Labute approximate surface area is 282 Å². The number of nitrogens with one attached hydrogen (secondary N) is 6. The van der Waals surface area contributed by atoms with Crippen LogP contribution in [0.1, 0.15) is 28.8 Å². The van der Waals surface area contributed by atoms with Crippen molar-refractivity contribution in [3.05, 3.63) is 114 Å². The van der Waals surface area contributed by atoms with Crippen LogP contribution >= 0.6 is 0 Å². The molecular weight excluding hydrogens is 653 g/mol. The van der Waals surface area contributed by atoms with Gasteiger partial charge in [-0.15, -0.1) is 0 Å². The van der Waals surface area contributed by atoms with Crippen molar-refractivity contribution in [2.75, 3.05) is 38.9 Å². The normalized spacial score (nSPS) is 14.5. The number of carbonyl (C=O) groups excluding carboxylic acids is 2. The van der Waals surface area contributed by atoms with Crippen molar-refractivity contribution in [3.63, 3.8) is 0 Å². The minimum Gasteiger partial charge on any atom is -0.369 e. The Balaban J connectivity index is 1.21. The summed E-state index contributed by atoms with van der Waals surface area (Å²) in [6.07, 6.45) is -1.30. The molecule has 49 heavy (non-hydrogen) atoms. The monoisotopic (exact) mass is 684 g/mol. The molecule has 5 aromatic rings. The Morgan fingerprint density at radius 3 is 2.35 bits per heavy atom. The molecule has 4 aromatic carbocycles. The summed E-state index contributed by atoms with van der Waals surface area (Å²) in [5, 5.41) is 14.9. The summed E-state index contributed by atoms with van der Waals surface area (Å²) in [6.45, 7) is 0.607. The first-order chi connectivity index (χ1) is 23.6. The van der Waals surface area contributed by atoms with E-state index < -0.39 is 34.4 Å². The molecular formula is C35H31F3N8O2S. The second-order valence-corrected chi connectivity index (χ2v) is 12.8. The first-order valence-corrected chi connectivity index (χ1v) is 16.7. The molecule has 250 valence electrons. The lowest BCUT2D eigenvalue weighted by Crippen LogP contribution is -2.19. The van der Waals surface area contributed by atoms with E-state index in [2.05, 4.69) is 31.6 Å². The summed E-state index contributed by atoms with van der Waals surface area (Å²) in [5.41, 5.74) is 2.63. The summed E-state index contributed by atoms with van der Waals surface area (Å²) >= 11 is 0. The number of nitrogens with zero attached hydrogens (tertiary/aromatic N) is 2. The van der Waals surface area contributed by atoms with E-state index in [1.54, 1.807) is 48.7 Å². The summed E-state index contributed by atoms with van der Waals surface area (Å²) in [7, 11) is -0.820. The fraction of sp³-hybridized carbons (Fsp3) is 0.143. The highest BCUT2D eigenvalue weighted by atomic mass is 32.2. The van der Waals surface area contributed by atoms with Crippen LogP contribution in [0.15, 0.2) is 108 Å². The van der Waals surface area contributed by atoms with E-state index in [1.165, 1.54) is 12.1 Å². The van der Waals surface area contributed by atoms with Crippen LogP contribution in [0.4, 0.5) is 52.5 Å². The highest BCUT2D eigenvalue weighted by Crippen LogP contribution is 2.32. The first-order valence-electron chi connectivity index (χ1n) is 15.3. The summed E-state index contributed by atoms with van der Waals surface area (Å²) in [5.74, 6) is 0.855. The van der Waals surface area contributed by atoms with E-state index in [0.717, 1.165) is 35.4 Å². The topological polar surface area (TPSA) is 144 Å². The smallest absolute Gasteiger partial charge is 0.369 e. The van der Waals surface area contributed by atoms with Gasteiger partial charge in [-0.25, -0.2) is 9.78 Å². The van der Waals surface area contributed by atoms with E-state index in [-0.39, 0.29) is 5.56 Å². The number of anilines is 6. The van der Waals surface area contributed by atoms with Gasteiger partial charge in [-0.05, 0) is 79.1 Å². The maximum absolute atomic E-state index is 13.1. The predicted molar refractivity (Wildman–Crippen MR) is 187 cm³/mol. The number of amides is 3. The highest BCUT2D eigenvalue weighted by molar-refractivity contribution is 7.86. The van der Waals surface area contributed by atoms with Crippen molar-refractivity contribution in [2.24, 2.45) is 0 Å². The third-order valence-corrected chi connectivity index (χ3v) is 9.00. The molecule has 4 bridgehead atoms. The molecule has 0 spiro atoms. The lowest BCUT2D eigenvalue weighted by molar-refractivity contribution is -0.137. The number of para-hydroxylation sites is 1. The summed E-state index contributed by atoms with van der Waals surface area (Å²) < 4.78 is 48.1. The maximum atomic E-state index is 13.1. The molecule has 0 saturated heterocycles. The minimum absolute atomic E-state index is 0.105. The van der Waals surface area contributed by atoms with Crippen molar-refractivity contribution in [1.82, 2.24) is 9.97 Å². The Kier molecular flexibility index (Phi) is 9.85. The van der Waals surface area contributed by atoms with Gasteiger partial charge in [-0.2, -0.15) is 18.2 Å². The lowest BCUT2D eigenvalue weighted by Gasteiger charge is -2.15. The van der Waals surface area contributed by atoms with Gasteiger partial charge >= 0.3 is 12.2 Å². The highest BCUT2D eigenvalue weighted by Gasteiger charge is 2.31. The molecule has 1 aliphatic heterocycles. The standard InChI is InChI=1S/C35H31F3N8O2S/c36-35(37,38)24-8-6-7-23(17-24)32(47)42-26-13-11-22(12-14-26)30-21-41-33-43-27-18-28(45-34(48)44-25-9-2-1-3-10-25)20-29(19-27)49(39)16-5-4-15-40-31(30)46-33/h1-3,6-14,17-21,39H,4-5,15-16H2,(H,42,47)(H2,44,45,48)(H2,40,41,43,46). The molecule has 0 aliphatic carbocycles. The molecule has 0 radical (unpaired) electrons. The van der Waals surface area contributed by atoms with Gasteiger partial charge in [-0.1, -0.05) is 47.1 Å². The Bertz CT molecular complexity index is 2010. The van der Waals surface area contributed by atoms with Crippen LogP contribution in [0.5, 0.6) is 0 Å². The molecule has 6 N–H and O–H groups in total. The summed E-state index contributed by atoms with van der Waals surface area (Å²) in [6, 6.07) is 25.2. The molecule has 3 amide bonds. The zero-order chi connectivity index (χ0) is 34.4. The average Bonchev–Trinajstić information content (AvgIpc) is 3.09. The molecule has 10 nitrogen and oxygen atoms in total. The van der Waals surface area contributed by atoms with Gasteiger partial charge in [0, 0.05) is 57.3 Å². The third-order valence-electron chi connectivity index (χ3n) is 7.50. The average molecular weight is 685 g/mol. The van der Waals surface area contributed by atoms with Gasteiger partial charge in [0.2, 0.25) is 5.95 Å². The van der Waals surface area contributed by atoms with Crippen LogP contribution in [-0.4, -0.2) is 34.2 Å². The zero-order valence-corrected chi connectivity index (χ0v) is 26.7. The number of hydrogen-bond donors (Lipinski definition) is 6. The van der Waals surface area contributed by atoms with Gasteiger partial charge < -0.3 is 26.6 Å². The minimum atomic E-state index is -4.55. The molecule has 14 heteroatoms. The maximum Gasteiger partial charge on any atom is 0.416 e. The number of fused-ring (bicyclic) bond motifs is 4. The number of benzene rings is 4. The third kappa shape index (κ3) is 8.59. The number of aromatic nitrogens is 2. The second kappa shape index (κ2) is 14.6. The van der Waals surface area contributed by atoms with Crippen LogP contribution in [0.3, 0.4) is 0 Å². The van der Waals surface area contributed by atoms with E-state index in [4.69, 9.17) is 9.76 Å². The van der Waals surface area contributed by atoms with Gasteiger partial charge in [0.25, 0.3) is 5.91 Å². The van der Waals surface area contributed by atoms with Gasteiger partial charge in [0.15, 0.2) is 0 Å². The van der Waals surface area contributed by atoms with Gasteiger partial charge in [0.1, 0.15) is 5.82 Å². The van der Waals surface area contributed by atoms with Gasteiger partial charge in [0.05, 0.1) is 5.56 Å². The molecule has 1 atom stereocenters. The van der Waals surface area contributed by atoms with E-state index >= 15 is 0 Å². The molecule has 0 fully saturated rings. The van der Waals surface area contributed by atoms with Crippen LogP contribution < -0.4 is 26.6 Å². The van der Waals surface area contributed by atoms with Crippen molar-refractivity contribution < 1.29 is 22.8 Å². The van der Waals surface area contributed by atoms with Crippen molar-refractivity contribution in [2.45, 2.75) is 23.9 Å². The number of urea groups is 1. The second-order valence-electron chi connectivity index (χ2n) is 11.1. The Morgan fingerprint density at radius 2 is 1.57 bits per heavy atom. The van der Waals surface area contributed by atoms with Crippen LogP contribution in [0, 0.1) is 4.78 Å². The zero-order valence-electron chi connectivity index (χ0n) is 25.9. The molecule has 2 heterocycles. The molecule has 1 aromatic heterocycles. The van der Waals surface area contributed by atoms with E-state index in [0.29, 0.717) is 52.4 Å². The largest absolute Gasteiger partial charge is 0.416 e. The van der Waals surface area contributed by atoms with Crippen LogP contribution in [0.25, 0.3) is 11.1 Å². The summed E-state index contributed by atoms with van der Waals surface area (Å²) in [4.78, 5) is 35.4. The van der Waals surface area contributed by atoms with E-state index in [1.807, 2.05) is 30.3 Å². The Hall–Kier alpha value is -5.76. The van der Waals surface area contributed by atoms with Crippen molar-refractivity contribution in [1.29, 1.82) is 4.78 Å². The molecule has 6 rings (SSSR count). The van der Waals surface area contributed by atoms with Crippen molar-refractivity contribution >= 4 is 57.1 Å². The fourth-order valence-electron chi connectivity index (χ4n) is 5.09. The first kappa shape index (κ1) is 33.2. The molecule has 0 saturated carbocycles. The quantitative estimate of drug-likeness (QED) is 0.109. The SMILES string of the molecule is N=S1CCCCNc2nc(ncc2-c2ccc(NC(=O)c3cccc(C(F)(F)F)c3)cc2)Nc2cc(NC(=O)Nc3ccccc3)cc1c2. The number of halogens is 3. The number of rotatable bonds is 5. The Morgan fingerprint density at radius 1 is 0.816 bits per heavy atom. The molecule has 1 aliphatic rings. The predicted octanol–water partition coefficient (Wildman–Crippen LogP) is 8.75. The van der Waals surface area contributed by atoms with Crippen LogP contribution in [0.2, 0.25) is 0 Å². The van der Waals surface area contributed by atoms with Gasteiger partial charge in [-0.3, -0.25) is 9.57 Å². The number of carbonyl (C=O) groups is 2. The number of alkyl halides is 3. The molecule has 1 unspecified atom stereocenters. The fourth-order valence-corrected chi connectivity index (χ4v) is 6.35. The lowest BCUT2D eigenvalue weighted by atomic mass is 10.1. The van der Waals surface area contributed by atoms with E-state index in [9.17, 15) is 22.8 Å². The van der Waals surface area contributed by atoms with Crippen LogP contribution in [-0.2, 0) is 16.9 Å².